The van der Waals surface area contributed by atoms with E-state index >= 15 is 0 Å². The molecule has 2 aliphatic carbocycles. The van der Waals surface area contributed by atoms with Crippen molar-refractivity contribution in [3.63, 3.8) is 0 Å². The Morgan fingerprint density at radius 1 is 0.840 bits per heavy atom. The molecule has 0 amide bonds. The van der Waals surface area contributed by atoms with Crippen molar-refractivity contribution in [3.8, 4) is 0 Å². The lowest BCUT2D eigenvalue weighted by molar-refractivity contribution is 0.368. The summed E-state index contributed by atoms with van der Waals surface area (Å²) in [6, 6.07) is 9.46. The van der Waals surface area contributed by atoms with E-state index in [2.05, 4.69) is 38.1 Å². The number of rotatable bonds is 4. The van der Waals surface area contributed by atoms with Crippen LogP contribution in [0.2, 0.25) is 0 Å². The summed E-state index contributed by atoms with van der Waals surface area (Å²) in [4.78, 5) is 0. The maximum Gasteiger partial charge on any atom is 0.673 e. The number of benzene rings is 1. The lowest BCUT2D eigenvalue weighted by Gasteiger charge is -2.25. The minimum absolute atomic E-state index is 0.352. The van der Waals surface area contributed by atoms with Gasteiger partial charge in [0.05, 0.1) is 16.6 Å². The van der Waals surface area contributed by atoms with Gasteiger partial charge in [-0.1, -0.05) is 32.0 Å². The molecular formula is C19H30BF4P. The first kappa shape index (κ1) is 20.7. The van der Waals surface area contributed by atoms with E-state index in [1.807, 2.05) is 5.30 Å². The highest BCUT2D eigenvalue weighted by molar-refractivity contribution is 7.67. The molecule has 0 saturated heterocycles. The summed E-state index contributed by atoms with van der Waals surface area (Å²) in [6.07, 6.45) is 12.1. The molecule has 0 aromatic heterocycles. The molecule has 1 aromatic carbocycles. The number of hydrogen-bond acceptors (Lipinski definition) is 0. The Balaban J connectivity index is 0.000000399. The first-order valence-corrected chi connectivity index (χ1v) is 11.3. The fourth-order valence-electron chi connectivity index (χ4n) is 4.51. The summed E-state index contributed by atoms with van der Waals surface area (Å²) in [6.45, 7) is 4.75. The minimum Gasteiger partial charge on any atom is -0.418 e. The van der Waals surface area contributed by atoms with Crippen LogP contribution >= 0.6 is 7.92 Å². The fourth-order valence-corrected chi connectivity index (χ4v) is 9.11. The second-order valence-corrected chi connectivity index (χ2v) is 10.7. The summed E-state index contributed by atoms with van der Waals surface area (Å²) >= 11 is 0. The van der Waals surface area contributed by atoms with Gasteiger partial charge in [0.25, 0.3) is 0 Å². The van der Waals surface area contributed by atoms with Gasteiger partial charge in [-0.3, -0.25) is 0 Å². The highest BCUT2D eigenvalue weighted by Crippen LogP contribution is 2.57. The van der Waals surface area contributed by atoms with Gasteiger partial charge in [0.15, 0.2) is 0 Å². The van der Waals surface area contributed by atoms with Crippen LogP contribution in [0.5, 0.6) is 0 Å². The zero-order chi connectivity index (χ0) is 18.4. The van der Waals surface area contributed by atoms with Crippen LogP contribution in [0.4, 0.5) is 17.3 Å². The Bertz CT molecular complexity index is 498. The molecule has 2 fully saturated rings. The van der Waals surface area contributed by atoms with Gasteiger partial charge in [0.2, 0.25) is 0 Å². The van der Waals surface area contributed by atoms with E-state index in [1.54, 1.807) is 5.56 Å². The smallest absolute Gasteiger partial charge is 0.418 e. The average Bonchev–Trinajstić information content (AvgIpc) is 3.20. The predicted molar refractivity (Wildman–Crippen MR) is 103 cm³/mol. The topological polar surface area (TPSA) is 0 Å². The van der Waals surface area contributed by atoms with Crippen LogP contribution in [0.3, 0.4) is 0 Å². The van der Waals surface area contributed by atoms with Crippen molar-refractivity contribution in [1.29, 1.82) is 0 Å². The molecule has 2 saturated carbocycles. The van der Waals surface area contributed by atoms with Crippen molar-refractivity contribution >= 4 is 20.5 Å². The van der Waals surface area contributed by atoms with Crippen molar-refractivity contribution in [2.45, 2.75) is 82.4 Å². The van der Waals surface area contributed by atoms with Gasteiger partial charge in [0.1, 0.15) is 0 Å². The molecule has 3 rings (SSSR count). The summed E-state index contributed by atoms with van der Waals surface area (Å²) in [5.41, 5.74) is 3.81. The fraction of sp³-hybridized carbons (Fsp3) is 0.684. The summed E-state index contributed by atoms with van der Waals surface area (Å²) in [5, 5.41) is 1.81. The Kier molecular flexibility index (Phi) is 7.79. The summed E-state index contributed by atoms with van der Waals surface area (Å²) < 4.78 is 39.0. The Morgan fingerprint density at radius 2 is 1.24 bits per heavy atom. The van der Waals surface area contributed by atoms with E-state index in [0.717, 1.165) is 11.3 Å². The monoisotopic (exact) mass is 376 g/mol. The van der Waals surface area contributed by atoms with E-state index < -0.39 is 7.25 Å². The predicted octanol–water partition coefficient (Wildman–Crippen LogP) is 6.83. The summed E-state index contributed by atoms with van der Waals surface area (Å²) in [7, 11) is -6.35. The highest BCUT2D eigenvalue weighted by Gasteiger charge is 2.41. The summed E-state index contributed by atoms with van der Waals surface area (Å²) in [5.74, 6) is 0.689. The SMILES string of the molecule is CC(C)c1ccccc1[PH+](C1CCCC1)C1CCCC1.F[B-](F)(F)F. The Hall–Kier alpha value is -0.565. The lowest BCUT2D eigenvalue weighted by atomic mass is 10.0. The van der Waals surface area contributed by atoms with E-state index in [-0.39, 0.29) is 7.92 Å². The minimum atomic E-state index is -6.00. The maximum absolute atomic E-state index is 9.75. The lowest BCUT2D eigenvalue weighted by Crippen LogP contribution is -2.22. The molecule has 0 unspecified atom stereocenters. The van der Waals surface area contributed by atoms with Gasteiger partial charge < -0.3 is 17.3 Å². The molecule has 0 heterocycles. The molecule has 0 spiro atoms. The molecule has 0 bridgehead atoms. The van der Waals surface area contributed by atoms with Crippen LogP contribution in [0, 0.1) is 0 Å². The molecule has 0 radical (unpaired) electrons. The molecule has 0 atom stereocenters. The van der Waals surface area contributed by atoms with Gasteiger partial charge in [0, 0.05) is 7.92 Å². The molecule has 2 aliphatic rings. The van der Waals surface area contributed by atoms with Crippen molar-refractivity contribution in [1.82, 2.24) is 0 Å². The van der Waals surface area contributed by atoms with Crippen LogP contribution < -0.4 is 5.30 Å². The number of hydrogen-bond donors (Lipinski definition) is 0. The standard InChI is InChI=1S/C19H29P.BF4/c1-15(2)18-13-7-8-14-19(18)20(16-9-3-4-10-16)17-11-5-6-12-17;2-1(3,4)5/h7-8,13-17H,3-6,9-12H2,1-2H3;/q;-1/p+1. The first-order valence-electron chi connectivity index (χ1n) is 9.60. The first-order chi connectivity index (χ1) is 11.8. The molecule has 1 aromatic rings. The molecule has 6 heteroatoms. The highest BCUT2D eigenvalue weighted by atomic mass is 31.1. The normalized spacial score (nSPS) is 19.5. The average molecular weight is 376 g/mol. The van der Waals surface area contributed by atoms with Crippen molar-refractivity contribution in [3.05, 3.63) is 29.8 Å². The molecular weight excluding hydrogens is 346 g/mol. The third-order valence-electron chi connectivity index (χ3n) is 5.48. The van der Waals surface area contributed by atoms with Gasteiger partial charge >= 0.3 is 7.25 Å². The number of halogens is 4. The third-order valence-corrected chi connectivity index (χ3v) is 9.48. The van der Waals surface area contributed by atoms with E-state index in [0.29, 0.717) is 5.92 Å². The molecule has 0 aliphatic heterocycles. The second-order valence-electron chi connectivity index (χ2n) is 7.65. The molecule has 0 nitrogen and oxygen atoms in total. The molecule has 0 N–H and O–H groups in total. The quantitative estimate of drug-likeness (QED) is 0.307. The van der Waals surface area contributed by atoms with Gasteiger partial charge in [-0.25, -0.2) is 0 Å². The van der Waals surface area contributed by atoms with Crippen molar-refractivity contribution < 1.29 is 17.3 Å². The van der Waals surface area contributed by atoms with Crippen LogP contribution in [-0.2, 0) is 0 Å². The van der Waals surface area contributed by atoms with E-state index in [1.165, 1.54) is 51.4 Å². The van der Waals surface area contributed by atoms with Gasteiger partial charge in [-0.05, 0) is 68.9 Å². The van der Waals surface area contributed by atoms with Crippen LogP contribution in [-0.4, -0.2) is 18.6 Å². The Labute approximate surface area is 150 Å². The van der Waals surface area contributed by atoms with Crippen molar-refractivity contribution in [2.75, 3.05) is 0 Å². The van der Waals surface area contributed by atoms with Crippen LogP contribution in [0.25, 0.3) is 0 Å². The molecule has 25 heavy (non-hydrogen) atoms. The Morgan fingerprint density at radius 3 is 1.64 bits per heavy atom. The van der Waals surface area contributed by atoms with Gasteiger partial charge in [-0.15, -0.1) is 0 Å². The maximum atomic E-state index is 9.75. The third kappa shape index (κ3) is 6.59. The van der Waals surface area contributed by atoms with Crippen molar-refractivity contribution in [2.24, 2.45) is 0 Å². The zero-order valence-electron chi connectivity index (χ0n) is 15.3. The largest absolute Gasteiger partial charge is 0.673 e. The van der Waals surface area contributed by atoms with Crippen LogP contribution in [0.15, 0.2) is 24.3 Å². The van der Waals surface area contributed by atoms with Gasteiger partial charge in [-0.2, -0.15) is 0 Å². The van der Waals surface area contributed by atoms with E-state index in [4.69, 9.17) is 0 Å². The van der Waals surface area contributed by atoms with Crippen LogP contribution in [0.1, 0.15) is 76.7 Å². The zero-order valence-corrected chi connectivity index (χ0v) is 16.3. The molecule has 142 valence electrons. The van der Waals surface area contributed by atoms with E-state index in [9.17, 15) is 17.3 Å². The second kappa shape index (κ2) is 9.39.